The molecular formula is C18H8Br2O4S. The molecule has 2 aromatic carbocycles. The molecule has 0 fully saturated rings. The van der Waals surface area contributed by atoms with Gasteiger partial charge in [0.2, 0.25) is 0 Å². The number of carbonyl (C=O) groups excluding carboxylic acids is 1. The van der Waals surface area contributed by atoms with Gasteiger partial charge in [0.25, 0.3) is 0 Å². The molecule has 0 aliphatic heterocycles. The van der Waals surface area contributed by atoms with Gasteiger partial charge in [-0.3, -0.25) is 0 Å². The van der Waals surface area contributed by atoms with Crippen LogP contribution in [-0.2, 0) is 0 Å². The standard InChI is InChI=1S/C18H8Br2O4S/c19-13-8-15(25-16(13)20)18(22)23-9-5-6-11-10-3-1-2-4-12(10)17(21)24-14(11)7-9/h1-8H. The third-order valence-electron chi connectivity index (χ3n) is 3.65. The van der Waals surface area contributed by atoms with Crippen molar-refractivity contribution >= 4 is 70.9 Å². The predicted octanol–water partition coefficient (Wildman–Crippen LogP) is 5.75. The lowest BCUT2D eigenvalue weighted by Gasteiger charge is -2.06. The lowest BCUT2D eigenvalue weighted by Crippen LogP contribution is -2.06. The van der Waals surface area contributed by atoms with Crippen LogP contribution < -0.4 is 10.4 Å². The monoisotopic (exact) mass is 478 g/mol. The van der Waals surface area contributed by atoms with Crippen molar-refractivity contribution < 1.29 is 13.9 Å². The smallest absolute Gasteiger partial charge is 0.353 e. The molecule has 0 saturated heterocycles. The highest BCUT2D eigenvalue weighted by Gasteiger charge is 2.15. The van der Waals surface area contributed by atoms with Gasteiger partial charge in [-0.25, -0.2) is 9.59 Å². The average molecular weight is 480 g/mol. The van der Waals surface area contributed by atoms with Gasteiger partial charge in [-0.05, 0) is 61.5 Å². The van der Waals surface area contributed by atoms with Crippen molar-refractivity contribution in [1.82, 2.24) is 0 Å². The Morgan fingerprint density at radius 3 is 2.48 bits per heavy atom. The Labute approximate surface area is 162 Å². The van der Waals surface area contributed by atoms with Crippen LogP contribution in [0.15, 0.2) is 66.0 Å². The van der Waals surface area contributed by atoms with Gasteiger partial charge in [0, 0.05) is 15.9 Å². The summed E-state index contributed by atoms with van der Waals surface area (Å²) >= 11 is 7.96. The summed E-state index contributed by atoms with van der Waals surface area (Å²) < 4.78 is 12.4. The molecule has 0 spiro atoms. The van der Waals surface area contributed by atoms with Crippen molar-refractivity contribution in [1.29, 1.82) is 0 Å². The second-order valence-corrected chi connectivity index (χ2v) is 8.44. The highest BCUT2D eigenvalue weighted by molar-refractivity contribution is 9.13. The van der Waals surface area contributed by atoms with Crippen molar-refractivity contribution in [3.05, 3.63) is 72.1 Å². The minimum Gasteiger partial charge on any atom is -0.422 e. The van der Waals surface area contributed by atoms with E-state index < -0.39 is 11.6 Å². The van der Waals surface area contributed by atoms with E-state index in [4.69, 9.17) is 9.15 Å². The van der Waals surface area contributed by atoms with Crippen molar-refractivity contribution in [2.45, 2.75) is 0 Å². The zero-order chi connectivity index (χ0) is 17.6. The third kappa shape index (κ3) is 3.03. The number of esters is 1. The number of thiophene rings is 1. The molecule has 2 aromatic heterocycles. The molecule has 4 rings (SSSR count). The van der Waals surface area contributed by atoms with Gasteiger partial charge in [0.15, 0.2) is 0 Å². The molecule has 0 aliphatic carbocycles. The van der Waals surface area contributed by atoms with Gasteiger partial charge in [0.1, 0.15) is 16.2 Å². The van der Waals surface area contributed by atoms with Crippen LogP contribution in [0.5, 0.6) is 5.75 Å². The summed E-state index contributed by atoms with van der Waals surface area (Å²) in [6.07, 6.45) is 0. The number of halogens is 2. The first kappa shape index (κ1) is 16.5. The van der Waals surface area contributed by atoms with Crippen LogP contribution in [-0.4, -0.2) is 5.97 Å². The fraction of sp³-hybridized carbons (Fsp3) is 0. The van der Waals surface area contributed by atoms with Gasteiger partial charge in [0.05, 0.1) is 9.17 Å². The number of carbonyl (C=O) groups is 1. The van der Waals surface area contributed by atoms with E-state index in [-0.39, 0.29) is 0 Å². The topological polar surface area (TPSA) is 56.5 Å². The Bertz CT molecular complexity index is 1170. The van der Waals surface area contributed by atoms with Crippen molar-refractivity contribution in [2.75, 3.05) is 0 Å². The van der Waals surface area contributed by atoms with Gasteiger partial charge in [-0.1, -0.05) is 18.2 Å². The minimum absolute atomic E-state index is 0.316. The summed E-state index contributed by atoms with van der Waals surface area (Å²) in [5, 5.41) is 2.11. The van der Waals surface area contributed by atoms with Gasteiger partial charge in [-0.15, -0.1) is 11.3 Å². The zero-order valence-electron chi connectivity index (χ0n) is 12.4. The van der Waals surface area contributed by atoms with Crippen LogP contribution in [0, 0.1) is 0 Å². The second kappa shape index (κ2) is 6.40. The van der Waals surface area contributed by atoms with Crippen molar-refractivity contribution in [3.8, 4) is 5.75 Å². The first-order chi connectivity index (χ1) is 12.0. The predicted molar refractivity (Wildman–Crippen MR) is 105 cm³/mol. The molecule has 0 unspecified atom stereocenters. The van der Waals surface area contributed by atoms with Gasteiger partial charge in [-0.2, -0.15) is 0 Å². The van der Waals surface area contributed by atoms with Crippen LogP contribution in [0.4, 0.5) is 0 Å². The molecule has 7 heteroatoms. The Kier molecular flexibility index (Phi) is 4.23. The molecule has 4 nitrogen and oxygen atoms in total. The molecule has 0 amide bonds. The van der Waals surface area contributed by atoms with E-state index in [2.05, 4.69) is 31.9 Å². The Balaban J connectivity index is 1.75. The summed E-state index contributed by atoms with van der Waals surface area (Å²) in [4.78, 5) is 24.8. The molecule has 0 radical (unpaired) electrons. The normalized spacial score (nSPS) is 11.1. The number of ether oxygens (including phenoxy) is 1. The Hall–Kier alpha value is -1.96. The zero-order valence-corrected chi connectivity index (χ0v) is 16.4. The quantitative estimate of drug-likeness (QED) is 0.159. The van der Waals surface area contributed by atoms with Crippen LogP contribution in [0.1, 0.15) is 9.67 Å². The number of hydrogen-bond donors (Lipinski definition) is 0. The molecule has 0 bridgehead atoms. The van der Waals surface area contributed by atoms with E-state index in [9.17, 15) is 9.59 Å². The number of hydrogen-bond acceptors (Lipinski definition) is 5. The maximum absolute atomic E-state index is 12.2. The summed E-state index contributed by atoms with van der Waals surface area (Å²) in [5.41, 5.74) is -0.0414. The van der Waals surface area contributed by atoms with Crippen LogP contribution in [0.25, 0.3) is 21.7 Å². The van der Waals surface area contributed by atoms with Crippen molar-refractivity contribution in [3.63, 3.8) is 0 Å². The molecule has 0 atom stereocenters. The largest absolute Gasteiger partial charge is 0.422 e. The van der Waals surface area contributed by atoms with E-state index >= 15 is 0 Å². The molecule has 4 aromatic rings. The molecular weight excluding hydrogens is 472 g/mol. The molecule has 25 heavy (non-hydrogen) atoms. The third-order valence-corrected chi connectivity index (χ3v) is 6.89. The van der Waals surface area contributed by atoms with Crippen LogP contribution in [0.3, 0.4) is 0 Å². The molecule has 0 saturated carbocycles. The average Bonchev–Trinajstić information content (AvgIpc) is 2.94. The molecule has 124 valence electrons. The van der Waals surface area contributed by atoms with Gasteiger partial charge >= 0.3 is 11.6 Å². The van der Waals surface area contributed by atoms with Crippen molar-refractivity contribution in [2.24, 2.45) is 0 Å². The summed E-state index contributed by atoms with van der Waals surface area (Å²) in [6, 6.07) is 13.9. The fourth-order valence-corrected chi connectivity index (χ4v) is 4.44. The number of rotatable bonds is 2. The minimum atomic E-state index is -0.473. The maximum atomic E-state index is 12.2. The molecule has 2 heterocycles. The second-order valence-electron chi connectivity index (χ2n) is 5.21. The SMILES string of the molecule is O=C(Oc1ccc2c(c1)oc(=O)c1ccccc12)c1cc(Br)c(Br)s1. The lowest BCUT2D eigenvalue weighted by atomic mass is 10.1. The lowest BCUT2D eigenvalue weighted by molar-refractivity contribution is 0.0740. The summed E-state index contributed by atoms with van der Waals surface area (Å²) in [5.74, 6) is -0.157. The number of fused-ring (bicyclic) bond motifs is 3. The van der Waals surface area contributed by atoms with Crippen LogP contribution >= 0.6 is 43.2 Å². The molecule has 0 aliphatic rings. The maximum Gasteiger partial charge on any atom is 0.353 e. The summed E-state index contributed by atoms with van der Waals surface area (Å²) in [6.45, 7) is 0. The van der Waals surface area contributed by atoms with E-state index in [1.807, 2.05) is 12.1 Å². The van der Waals surface area contributed by atoms with E-state index in [1.165, 1.54) is 11.3 Å². The van der Waals surface area contributed by atoms with Crippen LogP contribution in [0.2, 0.25) is 0 Å². The first-order valence-corrected chi connectivity index (χ1v) is 9.56. The fourth-order valence-electron chi connectivity index (χ4n) is 2.53. The highest BCUT2D eigenvalue weighted by Crippen LogP contribution is 2.33. The van der Waals surface area contributed by atoms with E-state index in [1.54, 1.807) is 36.4 Å². The highest BCUT2D eigenvalue weighted by atomic mass is 79.9. The van der Waals surface area contributed by atoms with Gasteiger partial charge < -0.3 is 9.15 Å². The Morgan fingerprint density at radius 1 is 1.00 bits per heavy atom. The molecule has 0 N–H and O–H groups in total. The first-order valence-electron chi connectivity index (χ1n) is 7.15. The number of benzene rings is 2. The Morgan fingerprint density at radius 2 is 1.76 bits per heavy atom. The summed E-state index contributed by atoms with van der Waals surface area (Å²) in [7, 11) is 0. The van der Waals surface area contributed by atoms with E-state index in [0.29, 0.717) is 21.6 Å². The van der Waals surface area contributed by atoms with E-state index in [0.717, 1.165) is 19.0 Å².